The van der Waals surface area contributed by atoms with Crippen molar-refractivity contribution in [3.8, 4) is 11.9 Å². The third kappa shape index (κ3) is 32.9. The number of aromatic carboxylic acids is 1. The zero-order chi connectivity index (χ0) is 109. The summed E-state index contributed by atoms with van der Waals surface area (Å²) in [5.41, 5.74) is 19.1. The van der Waals surface area contributed by atoms with Gasteiger partial charge in [0.25, 0.3) is 11.8 Å². The molecule has 0 radical (unpaired) electrons. The largest absolute Gasteiger partial charge is 0.488 e. The zero-order valence-corrected chi connectivity index (χ0v) is 89.6. The number of hydrogen-bond acceptors (Lipinski definition) is 22. The van der Waals surface area contributed by atoms with Crippen LogP contribution in [0.2, 0.25) is 0 Å². The van der Waals surface area contributed by atoms with Gasteiger partial charge in [0.05, 0.1) is 52.4 Å². The predicted molar refractivity (Wildman–Crippen MR) is 581 cm³/mol. The van der Waals surface area contributed by atoms with Crippen LogP contribution < -0.4 is 70.0 Å². The number of nitrogens with zero attached hydrogens (tertiary/aromatic N) is 3. The van der Waals surface area contributed by atoms with E-state index in [1.54, 1.807) is 71.6 Å². The monoisotopic (exact) mass is 2170 g/mol. The van der Waals surface area contributed by atoms with Crippen molar-refractivity contribution in [3.63, 3.8) is 0 Å². The molecule has 784 valence electrons. The number of halogens is 2. The van der Waals surface area contributed by atoms with Crippen LogP contribution in [0.4, 0.5) is 38.0 Å². The molecule has 10 heterocycles. The number of aromatic nitrogens is 2. The van der Waals surface area contributed by atoms with Crippen molar-refractivity contribution < 1.29 is 110 Å². The molecule has 0 bridgehead atoms. The normalized spacial score (nSPS) is 19.0. The van der Waals surface area contributed by atoms with Gasteiger partial charge < -0.3 is 96.8 Å². The van der Waals surface area contributed by atoms with Crippen LogP contribution in [0.5, 0.6) is 0 Å². The predicted octanol–water partition coefficient (Wildman–Crippen LogP) is 11.9. The maximum Gasteiger partial charge on any atom is 0.488 e. The Balaban J connectivity index is 0.000000162. The Hall–Kier alpha value is -13.8. The molecule has 2 saturated heterocycles. The molecule has 0 aliphatic carbocycles. The summed E-state index contributed by atoms with van der Waals surface area (Å²) in [6.07, 6.45) is 15.8. The second-order valence-corrected chi connectivity index (χ2v) is 42.9. The van der Waals surface area contributed by atoms with Crippen molar-refractivity contribution in [3.05, 3.63) is 276 Å². The van der Waals surface area contributed by atoms with E-state index in [2.05, 4.69) is 102 Å². The van der Waals surface area contributed by atoms with E-state index < -0.39 is 97.3 Å². The van der Waals surface area contributed by atoms with Gasteiger partial charge in [-0.05, 0) is 259 Å². The molecular weight excluding hydrogens is 2040 g/mol. The van der Waals surface area contributed by atoms with Crippen LogP contribution in [0, 0.1) is 11.9 Å². The molecule has 8 aromatic carbocycles. The van der Waals surface area contributed by atoms with Gasteiger partial charge in [0, 0.05) is 60.6 Å². The molecule has 41 heteroatoms. The number of carbonyl (C=O) groups is 10. The molecule has 9 aromatic rings. The third-order valence-corrected chi connectivity index (χ3v) is 27.2. The molecule has 5 atom stereocenters. The standard InChI is InChI=1S/C28H32BN3O4.C22H22BN3O4.C21H31BN2O5.C15H19BrN2O3.C11H10N2O2.C10H11BrN2O.C2HBO2/c1-27(2)28(3,4)36-29(35-27)22-12-10-20-11-13-23(26(34)31-24(20)16-22)30-25(33)21-14-15-32(18-21)17-19-8-6-5-7-9-19;27-21(17-10-11-26(14-17)13-15-4-2-1-3-5-15)24-19-9-7-16-6-8-18(23(29)30)12-20(16)25-22(19)28;1-19(2,3)27-18(26)24-15-11-9-13-8-10-14(12-16(13)23-17(15)25)22-28-20(4,5)21(6,7)29-22;1-15(2,3)21-14(20)18-11-7-5-9-4-6-10(16)8-12(9)17-13(11)19;14-11(15)10-7-9(12-13-10)6-8-4-2-1-3-5-8;11-7-3-1-6-2-4-8(12)10(14)13-9(6)5-7;4-2-1-3-5/h5-10,12,15-16,18,23H,11,13-14,17H2,1-4H3,(H-,30,31,33,34);1-6,8,11-12,14,19,29-30H,7,9-10,13H2,(H-,24,25,27,28);8,10,12,15H,9,11H2,1-7H3,(H,23,25)(H,24,26);4,6,8,11H,5,7H2,1-3H3,(H,17,19)(H,18,20);1-5,7H,6H2,(H,12,13)(H,14,15);1,3,5,8H,2,4,12H2,(H,13,14);4H/p+2/t23-;19-;15-;11-;;8-;/m0000.0./s1. The maximum atomic E-state index is 13.0. The van der Waals surface area contributed by atoms with Crippen LogP contribution in [0.25, 0.3) is 0 Å². The van der Waals surface area contributed by atoms with E-state index in [1.807, 2.05) is 241 Å². The number of carboxylic acid groups (broad SMARTS) is 1. The third-order valence-electron chi connectivity index (χ3n) is 26.3. The van der Waals surface area contributed by atoms with Crippen LogP contribution in [0.15, 0.2) is 221 Å². The van der Waals surface area contributed by atoms with Crippen molar-refractivity contribution in [1.82, 2.24) is 31.5 Å². The van der Waals surface area contributed by atoms with Gasteiger partial charge >= 0.3 is 68.4 Å². The zero-order valence-electron chi connectivity index (χ0n) is 86.4. The number of aryl methyl sites for hydroxylation is 5. The van der Waals surface area contributed by atoms with Gasteiger partial charge in [0.1, 0.15) is 47.8 Å². The fourth-order valence-electron chi connectivity index (χ4n) is 16.7. The number of aliphatic hydroxyl groups is 1. The molecule has 9 aliphatic rings. The van der Waals surface area contributed by atoms with Crippen molar-refractivity contribution in [2.24, 2.45) is 5.73 Å². The van der Waals surface area contributed by atoms with Crippen LogP contribution in [-0.2, 0) is 118 Å². The Bertz CT molecular complexity index is 6630. The second kappa shape index (κ2) is 51.1. The molecule has 2 fully saturated rings. The van der Waals surface area contributed by atoms with Gasteiger partial charge in [-0.2, -0.15) is 5.10 Å². The van der Waals surface area contributed by atoms with Crippen LogP contribution in [0.1, 0.15) is 203 Å². The summed E-state index contributed by atoms with van der Waals surface area (Å²) in [6.45, 7) is 28.2. The summed E-state index contributed by atoms with van der Waals surface area (Å²) in [5, 5.41) is 66.7. The number of nitrogens with one attached hydrogen (secondary N) is 10. The topological polar surface area (TPSA) is 493 Å². The van der Waals surface area contributed by atoms with E-state index in [9.17, 15) is 58.0 Å². The van der Waals surface area contributed by atoms with Crippen molar-refractivity contribution in [2.45, 2.75) is 257 Å². The molecule has 1 aromatic heterocycles. The number of anilines is 5. The second-order valence-electron chi connectivity index (χ2n) is 41.1. The van der Waals surface area contributed by atoms with Gasteiger partial charge in [-0.15, -0.1) is 0 Å². The number of carbonyl (C=O) groups excluding carboxylic acids is 9. The summed E-state index contributed by atoms with van der Waals surface area (Å²) in [6, 6.07) is 57.0. The number of aliphatic hydroxyl groups excluding tert-OH is 1. The molecule has 9 aliphatic heterocycles. The first kappa shape index (κ1) is 115. The number of benzene rings is 8. The first-order valence-electron chi connectivity index (χ1n) is 49.5. The molecule has 0 unspecified atom stereocenters. The molecule has 35 nitrogen and oxygen atoms in total. The summed E-state index contributed by atoms with van der Waals surface area (Å²) in [7, 11) is -2.28. The number of H-pyrrole nitrogens is 1. The maximum absolute atomic E-state index is 13.0. The Labute approximate surface area is 891 Å². The molecular formula is C109H128B4Br2N14O21+2. The number of ether oxygens (including phenoxy) is 2. The number of amides is 9. The van der Waals surface area contributed by atoms with E-state index in [0.717, 1.165) is 93.7 Å². The van der Waals surface area contributed by atoms with Gasteiger partial charge in [0.2, 0.25) is 29.5 Å². The van der Waals surface area contributed by atoms with Gasteiger partial charge in [-0.1, -0.05) is 171 Å². The number of hydrogen-bond donors (Lipinski definition) is 15. The first-order chi connectivity index (χ1) is 70.9. The number of carboxylic acids is 1. The fourth-order valence-corrected chi connectivity index (χ4v) is 17.5. The molecule has 9 amide bonds. The number of rotatable bonds is 16. The van der Waals surface area contributed by atoms with E-state index in [1.165, 1.54) is 11.7 Å². The van der Waals surface area contributed by atoms with Crippen molar-refractivity contribution in [1.29, 1.82) is 0 Å². The number of nitrogens with two attached hydrogens (primary N) is 1. The molecule has 0 spiro atoms. The molecule has 0 saturated carbocycles. The van der Waals surface area contributed by atoms with E-state index in [4.69, 9.17) is 48.7 Å². The minimum absolute atomic E-state index is 0.0564. The van der Waals surface area contributed by atoms with Gasteiger partial charge in [-0.25, -0.2) is 23.5 Å². The van der Waals surface area contributed by atoms with Crippen LogP contribution in [0.3, 0.4) is 0 Å². The van der Waals surface area contributed by atoms with Gasteiger partial charge in [0.15, 0.2) is 31.2 Å². The smallest absolute Gasteiger partial charge is 0.476 e. The van der Waals surface area contributed by atoms with E-state index in [0.29, 0.717) is 120 Å². The molecule has 150 heavy (non-hydrogen) atoms. The number of aromatic amines is 1. The van der Waals surface area contributed by atoms with Crippen LogP contribution >= 0.6 is 31.9 Å². The minimum atomic E-state index is -1.60. The molecule has 18 rings (SSSR count). The average Bonchev–Trinajstić information content (AvgIpc) is 1.62. The minimum Gasteiger partial charge on any atom is -0.476 e. The van der Waals surface area contributed by atoms with Gasteiger partial charge in [-0.3, -0.25) is 38.7 Å². The Morgan fingerprint density at radius 2 is 0.820 bits per heavy atom. The van der Waals surface area contributed by atoms with Crippen LogP contribution in [-0.4, -0.2) is 204 Å². The Morgan fingerprint density at radius 3 is 1.17 bits per heavy atom. The Kier molecular flexibility index (Phi) is 39.2. The quantitative estimate of drug-likeness (QED) is 0.0243. The number of fused-ring (bicyclic) bond motifs is 5. The van der Waals surface area contributed by atoms with E-state index >= 15 is 0 Å². The summed E-state index contributed by atoms with van der Waals surface area (Å²) in [5.74, 6) is -0.830. The first-order valence-corrected chi connectivity index (χ1v) is 51.1. The number of alkyl carbamates (subject to hydrolysis) is 2. The summed E-state index contributed by atoms with van der Waals surface area (Å²) in [4.78, 5) is 122. The fraction of sp³-hybridized carbons (Fsp3) is 0.367. The van der Waals surface area contributed by atoms with Crippen molar-refractivity contribution in [2.75, 3.05) is 26.6 Å². The Morgan fingerprint density at radius 1 is 0.480 bits per heavy atom. The SMILES string of the molecule is CC(C)(C)OC(=O)N[C@H]1CCc2ccc(B3OC(C)(C)C(C)(C)O3)cc2NC1=O.CC(C)(C)OC(=O)N[C@H]1CCc2ccc(Br)cc2NC1=O.CC1(C)OB(c2ccc3c(c2)NC(=O)[C@@H](NC(=O)C2=C[N+](Cc4ccccc4)=CC2)CC3)OC1(C)C.N[C@H]1CCc2ccc(Br)cc2NC1=O.O=BC#CO.O=C(N[C@H]1CCc2ccc(B(O)O)cc2NC1=O)C1=C[N+](Cc2ccccc2)=CC1.O=C(O)c1cc(Cc2ccccc2)[nH]n1. The van der Waals surface area contributed by atoms with E-state index in [-0.39, 0.29) is 53.1 Å². The average molecular weight is 2170 g/mol. The summed E-state index contributed by atoms with van der Waals surface area (Å²) < 4.78 is 50.0. The molecule has 16 N–H and O–H groups in total. The van der Waals surface area contributed by atoms with Crippen molar-refractivity contribution >= 4 is 177 Å². The summed E-state index contributed by atoms with van der Waals surface area (Å²) >= 11 is 6.75.